The van der Waals surface area contributed by atoms with Crippen molar-refractivity contribution in [1.29, 1.82) is 0 Å². The smallest absolute Gasteiger partial charge is 0.244 e. The van der Waals surface area contributed by atoms with E-state index >= 15 is 0 Å². The Labute approximate surface area is 120 Å². The minimum atomic E-state index is -3.52. The molecule has 1 heterocycles. The van der Waals surface area contributed by atoms with E-state index in [0.717, 1.165) is 12.8 Å². The second-order valence-electron chi connectivity index (χ2n) is 5.01. The molecule has 20 heavy (non-hydrogen) atoms. The first kappa shape index (κ1) is 15.0. The Morgan fingerprint density at radius 2 is 2.20 bits per heavy atom. The van der Waals surface area contributed by atoms with E-state index in [2.05, 4.69) is 16.8 Å². The quantitative estimate of drug-likeness (QED) is 0.834. The van der Waals surface area contributed by atoms with Crippen LogP contribution in [0.4, 0.5) is 0 Å². The molecule has 0 spiro atoms. The van der Waals surface area contributed by atoms with Crippen LogP contribution in [0.1, 0.15) is 25.3 Å². The fourth-order valence-electron chi connectivity index (χ4n) is 2.04. The average molecular weight is 293 g/mol. The first-order valence-electron chi connectivity index (χ1n) is 6.59. The summed E-state index contributed by atoms with van der Waals surface area (Å²) >= 11 is 0. The van der Waals surface area contributed by atoms with Gasteiger partial charge < -0.3 is 5.73 Å². The highest BCUT2D eigenvalue weighted by Crippen LogP contribution is 2.36. The van der Waals surface area contributed by atoms with Crippen LogP contribution in [-0.2, 0) is 10.0 Å². The summed E-state index contributed by atoms with van der Waals surface area (Å²) in [4.78, 5) is 4.13. The van der Waals surface area contributed by atoms with Gasteiger partial charge in [0.25, 0.3) is 0 Å². The zero-order valence-corrected chi connectivity index (χ0v) is 12.5. The van der Waals surface area contributed by atoms with Gasteiger partial charge in [0.1, 0.15) is 4.90 Å². The van der Waals surface area contributed by atoms with Gasteiger partial charge in [0.15, 0.2) is 0 Å². The third-order valence-corrected chi connectivity index (χ3v) is 5.51. The van der Waals surface area contributed by atoms with Crippen LogP contribution in [0.25, 0.3) is 0 Å². The van der Waals surface area contributed by atoms with Gasteiger partial charge in [-0.15, -0.1) is 0 Å². The molecule has 1 aliphatic carbocycles. The second-order valence-corrected chi connectivity index (χ2v) is 7.01. The van der Waals surface area contributed by atoms with Crippen LogP contribution >= 0.6 is 0 Å². The first-order chi connectivity index (χ1) is 9.46. The molecule has 1 fully saturated rings. The van der Waals surface area contributed by atoms with Gasteiger partial charge in [0.05, 0.1) is 6.54 Å². The number of pyridine rings is 1. The fourth-order valence-corrected chi connectivity index (χ4v) is 3.45. The molecule has 2 rings (SSSR count). The van der Waals surface area contributed by atoms with Crippen molar-refractivity contribution in [3.05, 3.63) is 24.0 Å². The first-order valence-corrected chi connectivity index (χ1v) is 8.03. The third kappa shape index (κ3) is 3.18. The van der Waals surface area contributed by atoms with Crippen molar-refractivity contribution in [3.63, 3.8) is 0 Å². The molecule has 1 unspecified atom stereocenters. The molecule has 0 radical (unpaired) electrons. The Kier molecular flexibility index (Phi) is 4.43. The summed E-state index contributed by atoms with van der Waals surface area (Å²) in [5.74, 6) is 5.97. The predicted molar refractivity (Wildman–Crippen MR) is 77.3 cm³/mol. The lowest BCUT2D eigenvalue weighted by molar-refractivity contribution is 0.357. The fraction of sp³-hybridized carbons (Fsp3) is 0.500. The maximum Gasteiger partial charge on any atom is 0.244 e. The summed E-state index contributed by atoms with van der Waals surface area (Å²) in [6, 6.07) is 1.56. The van der Waals surface area contributed by atoms with Crippen LogP contribution in [0, 0.1) is 17.8 Å². The standard InChI is InChI=1S/C14H19N3O2S/c1-11(13-5-6-13)17(2)20(18,19)14-8-12(4-3-7-15)9-16-10-14/h8-11,13H,5-7,15H2,1-2H3. The molecule has 0 aliphatic heterocycles. The summed E-state index contributed by atoms with van der Waals surface area (Å²) in [5.41, 5.74) is 5.87. The molecule has 0 saturated heterocycles. The van der Waals surface area contributed by atoms with Gasteiger partial charge in [-0.25, -0.2) is 8.42 Å². The lowest BCUT2D eigenvalue weighted by Crippen LogP contribution is -2.36. The molecular weight excluding hydrogens is 274 g/mol. The number of hydrogen-bond donors (Lipinski definition) is 1. The molecule has 0 bridgehead atoms. The number of hydrogen-bond acceptors (Lipinski definition) is 4. The van der Waals surface area contributed by atoms with Crippen LogP contribution in [0.2, 0.25) is 0 Å². The number of rotatable bonds is 4. The van der Waals surface area contributed by atoms with E-state index in [1.807, 2.05) is 6.92 Å². The van der Waals surface area contributed by atoms with Crippen molar-refractivity contribution in [3.8, 4) is 11.8 Å². The van der Waals surface area contributed by atoms with Crippen LogP contribution in [0.15, 0.2) is 23.4 Å². The minimum absolute atomic E-state index is 0.0128. The van der Waals surface area contributed by atoms with E-state index in [9.17, 15) is 8.42 Å². The third-order valence-electron chi connectivity index (χ3n) is 3.60. The van der Waals surface area contributed by atoms with Gasteiger partial charge in [-0.05, 0) is 31.7 Å². The number of aromatic nitrogens is 1. The van der Waals surface area contributed by atoms with Gasteiger partial charge >= 0.3 is 0 Å². The van der Waals surface area contributed by atoms with Crippen molar-refractivity contribution in [2.24, 2.45) is 11.7 Å². The molecule has 108 valence electrons. The largest absolute Gasteiger partial charge is 0.320 e. The summed E-state index contributed by atoms with van der Waals surface area (Å²) in [5, 5.41) is 0. The van der Waals surface area contributed by atoms with Crippen LogP contribution < -0.4 is 5.73 Å². The van der Waals surface area contributed by atoms with Crippen molar-refractivity contribution in [1.82, 2.24) is 9.29 Å². The Balaban J connectivity index is 2.28. The Bertz CT molecular complexity index is 642. The summed E-state index contributed by atoms with van der Waals surface area (Å²) in [6.45, 7) is 2.18. The average Bonchev–Trinajstić information content (AvgIpc) is 3.28. The van der Waals surface area contributed by atoms with Crippen molar-refractivity contribution < 1.29 is 8.42 Å². The predicted octanol–water partition coefficient (Wildman–Crippen LogP) is 0.811. The Morgan fingerprint density at radius 3 is 2.80 bits per heavy atom. The molecule has 0 aromatic carbocycles. The van der Waals surface area contributed by atoms with Gasteiger partial charge in [-0.2, -0.15) is 4.31 Å². The zero-order chi connectivity index (χ0) is 14.8. The van der Waals surface area contributed by atoms with E-state index in [1.54, 1.807) is 13.1 Å². The van der Waals surface area contributed by atoms with Crippen LogP contribution in [0.3, 0.4) is 0 Å². The Hall–Kier alpha value is -1.42. The molecule has 1 aliphatic rings. The lowest BCUT2D eigenvalue weighted by Gasteiger charge is -2.24. The lowest BCUT2D eigenvalue weighted by atomic mass is 10.2. The molecule has 1 aromatic rings. The van der Waals surface area contributed by atoms with Gasteiger partial charge in [0, 0.05) is 31.0 Å². The summed E-state index contributed by atoms with van der Waals surface area (Å²) < 4.78 is 26.5. The van der Waals surface area contributed by atoms with E-state index in [-0.39, 0.29) is 17.5 Å². The number of sulfonamides is 1. The molecule has 6 heteroatoms. The summed E-state index contributed by atoms with van der Waals surface area (Å²) in [7, 11) is -1.90. The van der Waals surface area contributed by atoms with E-state index in [0.29, 0.717) is 11.5 Å². The SMILES string of the molecule is CC(C1CC1)N(C)S(=O)(=O)c1cncc(C#CCN)c1. The van der Waals surface area contributed by atoms with Crippen molar-refractivity contribution in [2.45, 2.75) is 30.7 Å². The zero-order valence-electron chi connectivity index (χ0n) is 11.7. The van der Waals surface area contributed by atoms with Crippen LogP contribution in [0.5, 0.6) is 0 Å². The molecule has 0 amide bonds. The van der Waals surface area contributed by atoms with Gasteiger partial charge in [0.2, 0.25) is 10.0 Å². The highest BCUT2D eigenvalue weighted by molar-refractivity contribution is 7.89. The maximum atomic E-state index is 12.5. The molecule has 5 nitrogen and oxygen atoms in total. The van der Waals surface area contributed by atoms with Gasteiger partial charge in [-0.1, -0.05) is 11.8 Å². The highest BCUT2D eigenvalue weighted by Gasteiger charge is 2.36. The maximum absolute atomic E-state index is 12.5. The van der Waals surface area contributed by atoms with E-state index < -0.39 is 10.0 Å². The second kappa shape index (κ2) is 5.92. The molecule has 1 saturated carbocycles. The number of nitrogens with zero attached hydrogens (tertiary/aromatic N) is 2. The summed E-state index contributed by atoms with van der Waals surface area (Å²) in [6.07, 6.45) is 5.09. The molecular formula is C14H19N3O2S. The Morgan fingerprint density at radius 1 is 1.50 bits per heavy atom. The number of nitrogens with two attached hydrogens (primary N) is 1. The van der Waals surface area contributed by atoms with Crippen molar-refractivity contribution in [2.75, 3.05) is 13.6 Å². The van der Waals surface area contributed by atoms with Crippen molar-refractivity contribution >= 4 is 10.0 Å². The van der Waals surface area contributed by atoms with E-state index in [1.165, 1.54) is 16.7 Å². The van der Waals surface area contributed by atoms with E-state index in [4.69, 9.17) is 5.73 Å². The minimum Gasteiger partial charge on any atom is -0.320 e. The molecule has 1 atom stereocenters. The van der Waals surface area contributed by atoms with Gasteiger partial charge in [-0.3, -0.25) is 4.98 Å². The molecule has 1 aromatic heterocycles. The topological polar surface area (TPSA) is 76.3 Å². The monoisotopic (exact) mass is 293 g/mol. The molecule has 2 N–H and O–H groups in total. The highest BCUT2D eigenvalue weighted by atomic mass is 32.2. The normalized spacial score (nSPS) is 16.6. The van der Waals surface area contributed by atoms with Crippen LogP contribution in [-0.4, -0.2) is 37.3 Å².